The van der Waals surface area contributed by atoms with Crippen molar-refractivity contribution in [2.75, 3.05) is 6.61 Å². The summed E-state index contributed by atoms with van der Waals surface area (Å²) in [7, 11) is 0. The highest BCUT2D eigenvalue weighted by Crippen LogP contribution is 2.27. The summed E-state index contributed by atoms with van der Waals surface area (Å²) in [6.45, 7) is 2.85. The topological polar surface area (TPSA) is 44.1 Å². The van der Waals surface area contributed by atoms with Crippen molar-refractivity contribution in [2.45, 2.75) is 26.3 Å². The quantitative estimate of drug-likeness (QED) is 0.774. The molecular weight excluding hydrogens is 332 g/mol. The average molecular weight is 346 g/mol. The van der Waals surface area contributed by atoms with E-state index in [1.807, 2.05) is 22.8 Å². The monoisotopic (exact) mass is 344 g/mol. The van der Waals surface area contributed by atoms with Crippen LogP contribution in [0.1, 0.15) is 19.8 Å². The molecule has 0 saturated heterocycles. The smallest absolute Gasteiger partial charge is 0.305 e. The number of nitrogens with zero attached hydrogens (tertiary/aromatic N) is 2. The number of ether oxygens (including phenoxy) is 1. The van der Waals surface area contributed by atoms with Gasteiger partial charge in [0.1, 0.15) is 0 Å². The van der Waals surface area contributed by atoms with Crippen LogP contribution in [0.2, 0.25) is 5.28 Å². The van der Waals surface area contributed by atoms with Crippen LogP contribution in [-0.4, -0.2) is 22.1 Å². The molecule has 6 heteroatoms. The van der Waals surface area contributed by atoms with E-state index in [9.17, 15) is 4.79 Å². The molecule has 4 nitrogen and oxygen atoms in total. The van der Waals surface area contributed by atoms with Crippen LogP contribution in [0.4, 0.5) is 0 Å². The molecule has 19 heavy (non-hydrogen) atoms. The lowest BCUT2D eigenvalue weighted by molar-refractivity contribution is -0.143. The summed E-state index contributed by atoms with van der Waals surface area (Å²) in [5.41, 5.74) is 1.80. The molecular formula is C13H14BrClN2O2. The van der Waals surface area contributed by atoms with Crippen molar-refractivity contribution < 1.29 is 9.53 Å². The van der Waals surface area contributed by atoms with Crippen LogP contribution in [0.15, 0.2) is 22.7 Å². The number of aryl methyl sites for hydroxylation is 1. The summed E-state index contributed by atoms with van der Waals surface area (Å²) < 4.78 is 7.74. The number of aromatic nitrogens is 2. The van der Waals surface area contributed by atoms with E-state index in [2.05, 4.69) is 20.9 Å². The number of halogens is 2. The Bertz CT molecular complexity index is 598. The standard InChI is InChI=1S/C13H14BrClN2O2/c1-2-19-11(18)7-4-8-17-12-9(14)5-3-6-10(12)16-13(17)15/h3,5-6H,2,4,7-8H2,1H3. The van der Waals surface area contributed by atoms with Gasteiger partial charge in [-0.3, -0.25) is 4.79 Å². The zero-order valence-electron chi connectivity index (χ0n) is 10.5. The number of carbonyl (C=O) groups excluding carboxylic acids is 1. The summed E-state index contributed by atoms with van der Waals surface area (Å²) in [6.07, 6.45) is 1.06. The summed E-state index contributed by atoms with van der Waals surface area (Å²) >= 11 is 9.63. The van der Waals surface area contributed by atoms with Crippen molar-refractivity contribution in [2.24, 2.45) is 0 Å². The Hall–Kier alpha value is -1.07. The first-order chi connectivity index (χ1) is 9.13. The molecule has 0 saturated carbocycles. The Morgan fingerprint density at radius 1 is 1.53 bits per heavy atom. The molecule has 1 heterocycles. The molecule has 0 N–H and O–H groups in total. The molecule has 0 unspecified atom stereocenters. The molecule has 0 aliphatic heterocycles. The molecule has 0 spiro atoms. The van der Waals surface area contributed by atoms with Gasteiger partial charge >= 0.3 is 5.97 Å². The third kappa shape index (κ3) is 3.28. The van der Waals surface area contributed by atoms with Crippen LogP contribution in [0.3, 0.4) is 0 Å². The number of esters is 1. The van der Waals surface area contributed by atoms with Gasteiger partial charge in [0, 0.05) is 17.4 Å². The molecule has 0 aliphatic rings. The SMILES string of the molecule is CCOC(=O)CCCn1c(Cl)nc2cccc(Br)c21. The lowest BCUT2D eigenvalue weighted by Gasteiger charge is -2.06. The first-order valence-electron chi connectivity index (χ1n) is 6.09. The highest BCUT2D eigenvalue weighted by Gasteiger charge is 2.12. The third-order valence-electron chi connectivity index (χ3n) is 2.74. The molecule has 0 radical (unpaired) electrons. The van der Waals surface area contributed by atoms with Gasteiger partial charge in [0.15, 0.2) is 0 Å². The van der Waals surface area contributed by atoms with E-state index < -0.39 is 0 Å². The van der Waals surface area contributed by atoms with E-state index in [1.54, 1.807) is 6.92 Å². The number of imidazole rings is 1. The molecule has 0 fully saturated rings. The van der Waals surface area contributed by atoms with E-state index in [4.69, 9.17) is 16.3 Å². The second-order valence-corrected chi connectivity index (χ2v) is 5.24. The van der Waals surface area contributed by atoms with Crippen LogP contribution in [0.25, 0.3) is 11.0 Å². The van der Waals surface area contributed by atoms with Gasteiger partial charge in [0.25, 0.3) is 0 Å². The van der Waals surface area contributed by atoms with Crippen LogP contribution in [0.5, 0.6) is 0 Å². The molecule has 1 aromatic heterocycles. The van der Waals surface area contributed by atoms with Gasteiger partial charge in [-0.15, -0.1) is 0 Å². The van der Waals surface area contributed by atoms with Gasteiger partial charge < -0.3 is 9.30 Å². The Kier molecular flexibility index (Phi) is 4.82. The number of rotatable bonds is 5. The van der Waals surface area contributed by atoms with E-state index >= 15 is 0 Å². The average Bonchev–Trinajstić information content (AvgIpc) is 2.67. The molecule has 2 rings (SSSR count). The fourth-order valence-corrected chi connectivity index (χ4v) is 2.76. The van der Waals surface area contributed by atoms with E-state index in [0.29, 0.717) is 31.3 Å². The molecule has 0 aliphatic carbocycles. The number of hydrogen-bond donors (Lipinski definition) is 0. The Morgan fingerprint density at radius 2 is 2.32 bits per heavy atom. The number of carbonyl (C=O) groups is 1. The van der Waals surface area contributed by atoms with Crippen molar-refractivity contribution in [3.8, 4) is 0 Å². The van der Waals surface area contributed by atoms with E-state index in [1.165, 1.54) is 0 Å². The lowest BCUT2D eigenvalue weighted by Crippen LogP contribution is -2.06. The fourth-order valence-electron chi connectivity index (χ4n) is 1.93. The van der Waals surface area contributed by atoms with Gasteiger partial charge in [-0.1, -0.05) is 6.07 Å². The summed E-state index contributed by atoms with van der Waals surface area (Å²) in [4.78, 5) is 15.6. The van der Waals surface area contributed by atoms with Crippen molar-refractivity contribution in [1.82, 2.24) is 9.55 Å². The first kappa shape index (κ1) is 14.3. The third-order valence-corrected chi connectivity index (χ3v) is 3.67. The van der Waals surface area contributed by atoms with Crippen molar-refractivity contribution >= 4 is 44.5 Å². The van der Waals surface area contributed by atoms with Gasteiger partial charge in [-0.25, -0.2) is 4.98 Å². The molecule has 0 bridgehead atoms. The minimum absolute atomic E-state index is 0.179. The Morgan fingerprint density at radius 3 is 3.05 bits per heavy atom. The van der Waals surface area contributed by atoms with E-state index in [0.717, 1.165) is 15.5 Å². The largest absolute Gasteiger partial charge is 0.466 e. The number of fused-ring (bicyclic) bond motifs is 1. The van der Waals surface area contributed by atoms with Gasteiger partial charge in [-0.2, -0.15) is 0 Å². The number of para-hydroxylation sites is 1. The summed E-state index contributed by atoms with van der Waals surface area (Å²) in [5, 5.41) is 0.436. The highest BCUT2D eigenvalue weighted by molar-refractivity contribution is 9.10. The molecule has 102 valence electrons. The van der Waals surface area contributed by atoms with Gasteiger partial charge in [-0.05, 0) is 53.0 Å². The van der Waals surface area contributed by atoms with Crippen LogP contribution in [0, 0.1) is 0 Å². The molecule has 1 aromatic carbocycles. The maximum atomic E-state index is 11.3. The van der Waals surface area contributed by atoms with Crippen LogP contribution >= 0.6 is 27.5 Å². The fraction of sp³-hybridized carbons (Fsp3) is 0.385. The predicted molar refractivity (Wildman–Crippen MR) is 78.3 cm³/mol. The summed E-state index contributed by atoms with van der Waals surface area (Å²) in [5.74, 6) is -0.179. The van der Waals surface area contributed by atoms with Crippen molar-refractivity contribution in [3.05, 3.63) is 28.0 Å². The normalized spacial score (nSPS) is 10.9. The first-order valence-corrected chi connectivity index (χ1v) is 7.26. The second kappa shape index (κ2) is 6.39. The predicted octanol–water partition coefficient (Wildman–Crippen LogP) is 3.80. The molecule has 2 aromatic rings. The lowest BCUT2D eigenvalue weighted by atomic mass is 10.3. The minimum Gasteiger partial charge on any atom is -0.466 e. The van der Waals surface area contributed by atoms with Gasteiger partial charge in [0.2, 0.25) is 5.28 Å². The molecule has 0 atom stereocenters. The maximum absolute atomic E-state index is 11.3. The Balaban J connectivity index is 2.12. The Labute approximate surface area is 124 Å². The van der Waals surface area contributed by atoms with Crippen LogP contribution < -0.4 is 0 Å². The molecule has 0 amide bonds. The highest BCUT2D eigenvalue weighted by atomic mass is 79.9. The second-order valence-electron chi connectivity index (χ2n) is 4.05. The minimum atomic E-state index is -0.179. The van der Waals surface area contributed by atoms with Crippen molar-refractivity contribution in [3.63, 3.8) is 0 Å². The maximum Gasteiger partial charge on any atom is 0.305 e. The van der Waals surface area contributed by atoms with Crippen molar-refractivity contribution in [1.29, 1.82) is 0 Å². The summed E-state index contributed by atoms with van der Waals surface area (Å²) in [6, 6.07) is 5.77. The zero-order chi connectivity index (χ0) is 13.8. The number of benzene rings is 1. The zero-order valence-corrected chi connectivity index (χ0v) is 12.9. The van der Waals surface area contributed by atoms with Gasteiger partial charge in [0.05, 0.1) is 17.6 Å². The van der Waals surface area contributed by atoms with E-state index in [-0.39, 0.29) is 5.97 Å². The van der Waals surface area contributed by atoms with Crippen LogP contribution in [-0.2, 0) is 16.1 Å². The number of hydrogen-bond acceptors (Lipinski definition) is 3.